The van der Waals surface area contributed by atoms with E-state index in [9.17, 15) is 18.8 Å². The van der Waals surface area contributed by atoms with Gasteiger partial charge in [-0.3, -0.25) is 14.4 Å². The van der Waals surface area contributed by atoms with Crippen molar-refractivity contribution in [2.45, 2.75) is 25.4 Å². The van der Waals surface area contributed by atoms with Gasteiger partial charge in [-0.2, -0.15) is 0 Å². The van der Waals surface area contributed by atoms with Crippen molar-refractivity contribution in [1.82, 2.24) is 9.80 Å². The largest absolute Gasteiger partial charge is 0.480 e. The van der Waals surface area contributed by atoms with Gasteiger partial charge in [0.1, 0.15) is 12.4 Å². The predicted octanol–water partition coefficient (Wildman–Crippen LogP) is 1.09. The molecule has 3 atom stereocenters. The van der Waals surface area contributed by atoms with Crippen LogP contribution in [0.5, 0.6) is 0 Å². The van der Waals surface area contributed by atoms with E-state index in [1.165, 1.54) is 24.0 Å². The molecular weight excluding hydrogens is 355 g/mol. The molecule has 2 fully saturated rings. The second-order valence-corrected chi connectivity index (χ2v) is 7.07. The standard InChI is InChI=1S/C19H23FN2O5/c1-12(23)22(11-18(24)25)10-15-9-21(6-7-27-15)19(26)17-8-16(17)13-2-4-14(20)5-3-13/h2-5,15-17H,6-11H2,1H3,(H,24,25). The summed E-state index contributed by atoms with van der Waals surface area (Å²) in [6, 6.07) is 6.23. The number of hydrogen-bond acceptors (Lipinski definition) is 4. The van der Waals surface area contributed by atoms with E-state index in [1.807, 2.05) is 0 Å². The third kappa shape index (κ3) is 4.82. The van der Waals surface area contributed by atoms with Crippen molar-refractivity contribution in [2.75, 3.05) is 32.8 Å². The monoisotopic (exact) mass is 378 g/mol. The van der Waals surface area contributed by atoms with Crippen molar-refractivity contribution in [1.29, 1.82) is 0 Å². The number of amides is 2. The van der Waals surface area contributed by atoms with Crippen LogP contribution in [-0.4, -0.2) is 71.6 Å². The van der Waals surface area contributed by atoms with Gasteiger partial charge < -0.3 is 19.6 Å². The molecule has 2 amide bonds. The van der Waals surface area contributed by atoms with Gasteiger partial charge in [-0.1, -0.05) is 12.1 Å². The molecular formula is C19H23FN2O5. The Balaban J connectivity index is 1.56. The number of nitrogens with zero attached hydrogens (tertiary/aromatic N) is 2. The SMILES string of the molecule is CC(=O)N(CC(=O)O)CC1CN(C(=O)C2CC2c2ccc(F)cc2)CCO1. The number of halogens is 1. The Bertz CT molecular complexity index is 723. The molecule has 3 unspecified atom stereocenters. The predicted molar refractivity (Wildman–Crippen MR) is 93.5 cm³/mol. The van der Waals surface area contributed by atoms with Crippen LogP contribution in [0.15, 0.2) is 24.3 Å². The highest BCUT2D eigenvalue weighted by Crippen LogP contribution is 2.48. The molecule has 7 nitrogen and oxygen atoms in total. The molecule has 1 saturated heterocycles. The lowest BCUT2D eigenvalue weighted by Gasteiger charge is -2.35. The van der Waals surface area contributed by atoms with Gasteiger partial charge in [0.05, 0.1) is 12.7 Å². The van der Waals surface area contributed by atoms with Crippen molar-refractivity contribution < 1.29 is 28.6 Å². The third-order valence-electron chi connectivity index (χ3n) is 5.05. The highest BCUT2D eigenvalue weighted by Gasteiger charge is 2.46. The first-order chi connectivity index (χ1) is 12.8. The highest BCUT2D eigenvalue weighted by molar-refractivity contribution is 5.83. The van der Waals surface area contributed by atoms with Crippen LogP contribution in [0.25, 0.3) is 0 Å². The van der Waals surface area contributed by atoms with E-state index in [4.69, 9.17) is 9.84 Å². The van der Waals surface area contributed by atoms with Gasteiger partial charge in [-0.15, -0.1) is 0 Å². The maximum absolute atomic E-state index is 13.0. The summed E-state index contributed by atoms with van der Waals surface area (Å²) in [6.45, 7) is 2.21. The molecule has 1 aromatic rings. The van der Waals surface area contributed by atoms with Crippen LogP contribution >= 0.6 is 0 Å². The minimum absolute atomic E-state index is 0.0326. The molecule has 0 spiro atoms. The van der Waals surface area contributed by atoms with Gasteiger partial charge in [0, 0.05) is 32.5 Å². The van der Waals surface area contributed by atoms with Crippen molar-refractivity contribution in [2.24, 2.45) is 5.92 Å². The van der Waals surface area contributed by atoms with Crippen LogP contribution in [0, 0.1) is 11.7 Å². The molecule has 8 heteroatoms. The highest BCUT2D eigenvalue weighted by atomic mass is 19.1. The van der Waals surface area contributed by atoms with Gasteiger partial charge in [-0.25, -0.2) is 4.39 Å². The molecule has 1 saturated carbocycles. The lowest BCUT2D eigenvalue weighted by atomic mass is 10.1. The maximum atomic E-state index is 13.0. The van der Waals surface area contributed by atoms with Crippen molar-refractivity contribution >= 4 is 17.8 Å². The van der Waals surface area contributed by atoms with Gasteiger partial charge in [0.2, 0.25) is 11.8 Å². The number of aliphatic carboxylic acids is 1. The first kappa shape index (κ1) is 19.3. The fourth-order valence-corrected chi connectivity index (χ4v) is 3.52. The average Bonchev–Trinajstić information content (AvgIpc) is 3.41. The Labute approximate surface area is 156 Å². The number of carbonyl (C=O) groups excluding carboxylic acids is 2. The molecule has 1 aliphatic heterocycles. The average molecular weight is 378 g/mol. The second kappa shape index (κ2) is 8.04. The summed E-state index contributed by atoms with van der Waals surface area (Å²) < 4.78 is 18.7. The van der Waals surface area contributed by atoms with E-state index in [0.717, 1.165) is 12.0 Å². The van der Waals surface area contributed by atoms with E-state index >= 15 is 0 Å². The number of benzene rings is 1. The normalized spacial score (nSPS) is 24.4. The van der Waals surface area contributed by atoms with Crippen LogP contribution < -0.4 is 0 Å². The molecule has 0 radical (unpaired) electrons. The lowest BCUT2D eigenvalue weighted by Crippen LogP contribution is -2.51. The number of rotatable bonds is 6. The first-order valence-corrected chi connectivity index (χ1v) is 8.98. The zero-order valence-corrected chi connectivity index (χ0v) is 15.1. The summed E-state index contributed by atoms with van der Waals surface area (Å²) in [7, 11) is 0. The molecule has 146 valence electrons. The van der Waals surface area contributed by atoms with Gasteiger partial charge in [0.15, 0.2) is 0 Å². The Hall–Kier alpha value is -2.48. The Morgan fingerprint density at radius 3 is 2.63 bits per heavy atom. The summed E-state index contributed by atoms with van der Waals surface area (Å²) in [5, 5.41) is 8.92. The van der Waals surface area contributed by atoms with E-state index in [2.05, 4.69) is 0 Å². The molecule has 1 heterocycles. The Kier molecular flexibility index (Phi) is 5.74. The number of ether oxygens (including phenoxy) is 1. The second-order valence-electron chi connectivity index (χ2n) is 7.07. The summed E-state index contributed by atoms with van der Waals surface area (Å²) in [6.07, 6.45) is 0.333. The summed E-state index contributed by atoms with van der Waals surface area (Å²) in [4.78, 5) is 38.2. The molecule has 1 aromatic carbocycles. The van der Waals surface area contributed by atoms with Crippen LogP contribution in [0.3, 0.4) is 0 Å². The minimum atomic E-state index is -1.09. The zero-order chi connectivity index (χ0) is 19.6. The molecule has 1 N–H and O–H groups in total. The van der Waals surface area contributed by atoms with E-state index in [0.29, 0.717) is 19.7 Å². The number of morpholine rings is 1. The van der Waals surface area contributed by atoms with Crippen molar-refractivity contribution in [3.05, 3.63) is 35.6 Å². The fraction of sp³-hybridized carbons (Fsp3) is 0.526. The topological polar surface area (TPSA) is 87.2 Å². The summed E-state index contributed by atoms with van der Waals surface area (Å²) in [5.74, 6) is -1.70. The smallest absolute Gasteiger partial charge is 0.323 e. The van der Waals surface area contributed by atoms with E-state index in [-0.39, 0.29) is 36.0 Å². The first-order valence-electron chi connectivity index (χ1n) is 8.98. The van der Waals surface area contributed by atoms with Crippen LogP contribution in [-0.2, 0) is 19.1 Å². The molecule has 3 rings (SSSR count). The van der Waals surface area contributed by atoms with Gasteiger partial charge in [0.25, 0.3) is 0 Å². The molecule has 0 bridgehead atoms. The van der Waals surface area contributed by atoms with Crippen LogP contribution in [0.4, 0.5) is 4.39 Å². The number of hydrogen-bond donors (Lipinski definition) is 1. The van der Waals surface area contributed by atoms with Crippen molar-refractivity contribution in [3.8, 4) is 0 Å². The minimum Gasteiger partial charge on any atom is -0.480 e. The third-order valence-corrected chi connectivity index (χ3v) is 5.05. The van der Waals surface area contributed by atoms with E-state index < -0.39 is 18.6 Å². The summed E-state index contributed by atoms with van der Waals surface area (Å²) in [5.41, 5.74) is 0.962. The molecule has 27 heavy (non-hydrogen) atoms. The Morgan fingerprint density at radius 1 is 1.30 bits per heavy atom. The number of carboxylic acid groups (broad SMARTS) is 1. The van der Waals surface area contributed by atoms with Crippen molar-refractivity contribution in [3.63, 3.8) is 0 Å². The van der Waals surface area contributed by atoms with E-state index in [1.54, 1.807) is 17.0 Å². The maximum Gasteiger partial charge on any atom is 0.323 e. The Morgan fingerprint density at radius 2 is 2.00 bits per heavy atom. The molecule has 1 aliphatic carbocycles. The molecule has 2 aliphatic rings. The van der Waals surface area contributed by atoms with Gasteiger partial charge in [-0.05, 0) is 30.0 Å². The zero-order valence-electron chi connectivity index (χ0n) is 15.1. The van der Waals surface area contributed by atoms with Gasteiger partial charge >= 0.3 is 5.97 Å². The number of carboxylic acids is 1. The molecule has 0 aromatic heterocycles. The lowest BCUT2D eigenvalue weighted by molar-refractivity contribution is -0.148. The van der Waals surface area contributed by atoms with Crippen LogP contribution in [0.1, 0.15) is 24.8 Å². The number of carbonyl (C=O) groups is 3. The quantitative estimate of drug-likeness (QED) is 0.801. The fourth-order valence-electron chi connectivity index (χ4n) is 3.52. The summed E-state index contributed by atoms with van der Waals surface area (Å²) >= 11 is 0. The van der Waals surface area contributed by atoms with Crippen LogP contribution in [0.2, 0.25) is 0 Å².